The van der Waals surface area contributed by atoms with Crippen LogP contribution in [0.4, 0.5) is 0 Å². The van der Waals surface area contributed by atoms with Crippen molar-refractivity contribution >= 4 is 5.97 Å². The SMILES string of the molecule is CCOC(=O)/C=C/C=C/CCCCCc1ccc(OCc2ccccc2)cc1OCc1ccccc1. The number of benzene rings is 3. The first-order chi connectivity index (χ1) is 17.7. The minimum atomic E-state index is -0.302. The van der Waals surface area contributed by atoms with E-state index in [1.165, 1.54) is 11.6 Å². The van der Waals surface area contributed by atoms with Crippen molar-refractivity contribution in [1.82, 2.24) is 0 Å². The predicted molar refractivity (Wildman–Crippen MR) is 145 cm³/mol. The Labute approximate surface area is 215 Å². The van der Waals surface area contributed by atoms with E-state index in [2.05, 4.69) is 36.4 Å². The topological polar surface area (TPSA) is 44.8 Å². The summed E-state index contributed by atoms with van der Waals surface area (Å²) in [5, 5.41) is 0. The van der Waals surface area contributed by atoms with Crippen LogP contribution in [-0.2, 0) is 29.2 Å². The number of allylic oxidation sites excluding steroid dienone is 3. The van der Waals surface area contributed by atoms with E-state index in [1.54, 1.807) is 13.0 Å². The van der Waals surface area contributed by atoms with Crippen molar-refractivity contribution in [3.8, 4) is 11.5 Å². The molecule has 3 aromatic carbocycles. The van der Waals surface area contributed by atoms with Gasteiger partial charge < -0.3 is 14.2 Å². The minimum Gasteiger partial charge on any atom is -0.489 e. The van der Waals surface area contributed by atoms with Crippen LogP contribution in [0, 0.1) is 0 Å². The molecule has 0 spiro atoms. The van der Waals surface area contributed by atoms with E-state index >= 15 is 0 Å². The van der Waals surface area contributed by atoms with Gasteiger partial charge in [-0.05, 0) is 55.4 Å². The van der Waals surface area contributed by atoms with Crippen LogP contribution in [-0.4, -0.2) is 12.6 Å². The zero-order valence-electron chi connectivity index (χ0n) is 21.1. The van der Waals surface area contributed by atoms with Gasteiger partial charge in [0, 0.05) is 12.1 Å². The van der Waals surface area contributed by atoms with E-state index in [9.17, 15) is 4.79 Å². The number of carbonyl (C=O) groups excluding carboxylic acids is 1. The van der Waals surface area contributed by atoms with Crippen LogP contribution in [0.5, 0.6) is 11.5 Å². The Morgan fingerprint density at radius 2 is 1.47 bits per heavy atom. The van der Waals surface area contributed by atoms with E-state index in [4.69, 9.17) is 14.2 Å². The molecule has 0 aromatic heterocycles. The van der Waals surface area contributed by atoms with Crippen molar-refractivity contribution in [2.75, 3.05) is 6.61 Å². The van der Waals surface area contributed by atoms with Crippen LogP contribution in [0.15, 0.2) is 103 Å². The van der Waals surface area contributed by atoms with E-state index in [-0.39, 0.29) is 5.97 Å². The molecule has 3 rings (SSSR count). The maximum Gasteiger partial charge on any atom is 0.330 e. The molecule has 0 aliphatic carbocycles. The summed E-state index contributed by atoms with van der Waals surface area (Å²) in [5.74, 6) is 1.39. The van der Waals surface area contributed by atoms with Gasteiger partial charge >= 0.3 is 5.97 Å². The highest BCUT2D eigenvalue weighted by Gasteiger charge is 2.08. The molecule has 36 heavy (non-hydrogen) atoms. The molecule has 0 aliphatic heterocycles. The fourth-order valence-corrected chi connectivity index (χ4v) is 3.70. The largest absolute Gasteiger partial charge is 0.489 e. The van der Waals surface area contributed by atoms with Crippen molar-refractivity contribution in [2.45, 2.75) is 52.2 Å². The fraction of sp³-hybridized carbons (Fsp3) is 0.281. The number of unbranched alkanes of at least 4 members (excludes halogenated alkanes) is 3. The second kappa shape index (κ2) is 16.0. The number of esters is 1. The van der Waals surface area contributed by atoms with Crippen molar-refractivity contribution in [1.29, 1.82) is 0 Å². The molecule has 0 amide bonds. The van der Waals surface area contributed by atoms with Crippen LogP contribution in [0.3, 0.4) is 0 Å². The summed E-state index contributed by atoms with van der Waals surface area (Å²) >= 11 is 0. The van der Waals surface area contributed by atoms with Gasteiger partial charge in [-0.3, -0.25) is 0 Å². The van der Waals surface area contributed by atoms with Crippen molar-refractivity contribution in [3.05, 3.63) is 120 Å². The maximum atomic E-state index is 11.3. The quantitative estimate of drug-likeness (QED) is 0.0963. The van der Waals surface area contributed by atoms with Gasteiger partial charge in [-0.1, -0.05) is 91.4 Å². The lowest BCUT2D eigenvalue weighted by atomic mass is 10.0. The van der Waals surface area contributed by atoms with Crippen LogP contribution in [0.25, 0.3) is 0 Å². The average Bonchev–Trinajstić information content (AvgIpc) is 2.91. The third-order valence-corrected chi connectivity index (χ3v) is 5.61. The minimum absolute atomic E-state index is 0.302. The Hall–Kier alpha value is -3.79. The number of hydrogen-bond donors (Lipinski definition) is 0. The Kier molecular flexibility index (Phi) is 11.9. The average molecular weight is 485 g/mol. The fourth-order valence-electron chi connectivity index (χ4n) is 3.70. The highest BCUT2D eigenvalue weighted by atomic mass is 16.5. The maximum absolute atomic E-state index is 11.3. The van der Waals surface area contributed by atoms with Crippen molar-refractivity contribution in [3.63, 3.8) is 0 Å². The molecule has 0 fully saturated rings. The van der Waals surface area contributed by atoms with Gasteiger partial charge in [0.2, 0.25) is 0 Å². The summed E-state index contributed by atoms with van der Waals surface area (Å²) in [6.07, 6.45) is 12.4. The molecule has 188 valence electrons. The lowest BCUT2D eigenvalue weighted by Crippen LogP contribution is -2.01. The molecule has 0 N–H and O–H groups in total. The number of aryl methyl sites for hydroxylation is 1. The number of ether oxygens (including phenoxy) is 3. The third kappa shape index (κ3) is 10.2. The highest BCUT2D eigenvalue weighted by Crippen LogP contribution is 2.28. The molecule has 0 heterocycles. The molecule has 0 atom stereocenters. The van der Waals surface area contributed by atoms with Gasteiger partial charge in [0.1, 0.15) is 24.7 Å². The summed E-state index contributed by atoms with van der Waals surface area (Å²) in [7, 11) is 0. The van der Waals surface area contributed by atoms with E-state index in [1.807, 2.05) is 54.6 Å². The third-order valence-electron chi connectivity index (χ3n) is 5.61. The number of hydrogen-bond acceptors (Lipinski definition) is 4. The van der Waals surface area contributed by atoms with E-state index < -0.39 is 0 Å². The Morgan fingerprint density at radius 1 is 0.778 bits per heavy atom. The molecule has 0 aliphatic rings. The molecule has 0 saturated carbocycles. The number of carbonyl (C=O) groups is 1. The summed E-state index contributed by atoms with van der Waals surface area (Å²) in [6.45, 7) is 3.25. The van der Waals surface area contributed by atoms with Crippen LogP contribution < -0.4 is 9.47 Å². The Morgan fingerprint density at radius 3 is 2.17 bits per heavy atom. The molecule has 0 saturated heterocycles. The Bertz CT molecular complexity index is 1090. The standard InChI is InChI=1S/C32H36O4/c1-2-34-32(33)21-15-7-5-3-4-6-14-20-29-22-23-30(35-25-27-16-10-8-11-17-27)24-31(29)36-26-28-18-12-9-13-19-28/h5,7-13,15-19,21-24H,2-4,6,14,20,25-26H2,1H3/b7-5+,21-15+. The lowest BCUT2D eigenvalue weighted by Gasteiger charge is -2.14. The van der Waals surface area contributed by atoms with E-state index in [0.717, 1.165) is 54.7 Å². The first kappa shape index (κ1) is 26.8. The normalized spacial score (nSPS) is 11.1. The molecule has 0 unspecified atom stereocenters. The van der Waals surface area contributed by atoms with Crippen molar-refractivity contribution in [2.24, 2.45) is 0 Å². The molecular formula is C32H36O4. The first-order valence-electron chi connectivity index (χ1n) is 12.7. The van der Waals surface area contributed by atoms with E-state index in [0.29, 0.717) is 19.8 Å². The second-order valence-corrected chi connectivity index (χ2v) is 8.46. The van der Waals surface area contributed by atoms with Crippen LogP contribution in [0.2, 0.25) is 0 Å². The molecule has 0 radical (unpaired) electrons. The highest BCUT2D eigenvalue weighted by molar-refractivity contribution is 5.82. The summed E-state index contributed by atoms with van der Waals surface area (Å²) in [4.78, 5) is 11.3. The molecule has 3 aromatic rings. The van der Waals surface area contributed by atoms with Gasteiger partial charge in [0.15, 0.2) is 0 Å². The Balaban J connectivity index is 1.50. The predicted octanol–water partition coefficient (Wildman–Crippen LogP) is 7.62. The monoisotopic (exact) mass is 484 g/mol. The molecular weight excluding hydrogens is 448 g/mol. The summed E-state index contributed by atoms with van der Waals surface area (Å²) in [6, 6.07) is 26.6. The molecule has 0 bridgehead atoms. The lowest BCUT2D eigenvalue weighted by molar-refractivity contribution is -0.137. The zero-order chi connectivity index (χ0) is 25.3. The first-order valence-corrected chi connectivity index (χ1v) is 12.7. The van der Waals surface area contributed by atoms with Gasteiger partial charge in [-0.25, -0.2) is 4.79 Å². The van der Waals surface area contributed by atoms with Crippen LogP contribution in [0.1, 0.15) is 49.3 Å². The van der Waals surface area contributed by atoms with Gasteiger partial charge in [0.25, 0.3) is 0 Å². The van der Waals surface area contributed by atoms with Gasteiger partial charge in [-0.15, -0.1) is 0 Å². The summed E-state index contributed by atoms with van der Waals surface area (Å²) < 4.78 is 17.1. The van der Waals surface area contributed by atoms with Gasteiger partial charge in [0.05, 0.1) is 6.61 Å². The molecule has 4 nitrogen and oxygen atoms in total. The van der Waals surface area contributed by atoms with Gasteiger partial charge in [-0.2, -0.15) is 0 Å². The number of rotatable bonds is 15. The zero-order valence-corrected chi connectivity index (χ0v) is 21.1. The molecule has 4 heteroatoms. The second-order valence-electron chi connectivity index (χ2n) is 8.46. The van der Waals surface area contributed by atoms with Crippen LogP contribution >= 0.6 is 0 Å². The summed E-state index contributed by atoms with van der Waals surface area (Å²) in [5.41, 5.74) is 3.48. The smallest absolute Gasteiger partial charge is 0.330 e. The van der Waals surface area contributed by atoms with Crippen molar-refractivity contribution < 1.29 is 19.0 Å².